The molecule has 0 radical (unpaired) electrons. The molecule has 0 spiro atoms. The van der Waals surface area contributed by atoms with Gasteiger partial charge in [0.2, 0.25) is 6.43 Å². The summed E-state index contributed by atoms with van der Waals surface area (Å²) >= 11 is 0. The first-order valence-electron chi connectivity index (χ1n) is 4.80. The van der Waals surface area contributed by atoms with Crippen molar-refractivity contribution in [2.24, 2.45) is 16.2 Å². The molecule has 2 N–H and O–H groups in total. The molecule has 2 atom stereocenters. The molecule has 0 aromatic carbocycles. The zero-order chi connectivity index (χ0) is 12.9. The van der Waals surface area contributed by atoms with E-state index in [1.807, 2.05) is 0 Å². The summed E-state index contributed by atoms with van der Waals surface area (Å²) in [7, 11) is 0. The fourth-order valence-corrected chi connectivity index (χ4v) is 2.91. The zero-order valence-corrected chi connectivity index (χ0v) is 9.25. The third-order valence-corrected chi connectivity index (χ3v) is 4.36. The number of aliphatic carboxylic acids is 2. The number of carboxylic acids is 2. The van der Waals surface area contributed by atoms with Crippen LogP contribution in [0.15, 0.2) is 0 Å². The van der Waals surface area contributed by atoms with Gasteiger partial charge in [0.15, 0.2) is 0 Å². The lowest BCUT2D eigenvalue weighted by Crippen LogP contribution is -2.29. The Balaban J connectivity index is 3.26. The zero-order valence-electron chi connectivity index (χ0n) is 9.25. The Morgan fingerprint density at radius 3 is 1.75 bits per heavy atom. The number of alkyl halides is 2. The third-order valence-electron chi connectivity index (χ3n) is 4.36. The van der Waals surface area contributed by atoms with Crippen molar-refractivity contribution in [2.45, 2.75) is 33.6 Å². The lowest BCUT2D eigenvalue weighted by Gasteiger charge is -2.15. The van der Waals surface area contributed by atoms with Gasteiger partial charge in [0.25, 0.3) is 0 Å². The van der Waals surface area contributed by atoms with E-state index in [1.54, 1.807) is 0 Å². The first-order chi connectivity index (χ1) is 7.05. The Morgan fingerprint density at radius 1 is 1.12 bits per heavy atom. The topological polar surface area (TPSA) is 74.6 Å². The number of rotatable bonds is 4. The molecule has 0 aromatic heterocycles. The summed E-state index contributed by atoms with van der Waals surface area (Å²) in [5, 5.41) is 18.1. The van der Waals surface area contributed by atoms with Gasteiger partial charge in [0.1, 0.15) is 0 Å². The molecule has 0 aromatic rings. The number of carboxylic acid groups (broad SMARTS) is 2. The van der Waals surface area contributed by atoms with E-state index in [0.717, 1.165) is 0 Å². The quantitative estimate of drug-likeness (QED) is 0.781. The highest BCUT2D eigenvalue weighted by molar-refractivity contribution is 5.95. The Kier molecular flexibility index (Phi) is 2.53. The number of hydrogen-bond acceptors (Lipinski definition) is 2. The van der Waals surface area contributed by atoms with E-state index in [9.17, 15) is 18.4 Å². The molecule has 4 nitrogen and oxygen atoms in total. The largest absolute Gasteiger partial charge is 0.481 e. The smallest absolute Gasteiger partial charge is 0.311 e. The maximum absolute atomic E-state index is 12.4. The van der Waals surface area contributed by atoms with E-state index in [4.69, 9.17) is 10.2 Å². The van der Waals surface area contributed by atoms with Gasteiger partial charge in [0, 0.05) is 6.42 Å². The van der Waals surface area contributed by atoms with Crippen molar-refractivity contribution in [1.82, 2.24) is 0 Å². The van der Waals surface area contributed by atoms with Crippen molar-refractivity contribution in [2.75, 3.05) is 0 Å². The molecule has 92 valence electrons. The highest BCUT2D eigenvalue weighted by atomic mass is 19.3. The molecule has 1 aliphatic rings. The van der Waals surface area contributed by atoms with Gasteiger partial charge in [-0.1, -0.05) is 13.8 Å². The van der Waals surface area contributed by atoms with Crippen LogP contribution in [-0.4, -0.2) is 28.6 Å². The second kappa shape index (κ2) is 3.15. The van der Waals surface area contributed by atoms with E-state index < -0.39 is 41.0 Å². The van der Waals surface area contributed by atoms with Crippen LogP contribution in [0.5, 0.6) is 0 Å². The summed E-state index contributed by atoms with van der Waals surface area (Å²) in [5.74, 6) is -2.82. The van der Waals surface area contributed by atoms with Crippen molar-refractivity contribution in [3.05, 3.63) is 0 Å². The summed E-state index contributed by atoms with van der Waals surface area (Å²) in [6.07, 6.45) is -3.77. The molecule has 2 unspecified atom stereocenters. The van der Waals surface area contributed by atoms with Crippen molar-refractivity contribution in [3.8, 4) is 0 Å². The first-order valence-corrected chi connectivity index (χ1v) is 4.80. The van der Waals surface area contributed by atoms with Crippen LogP contribution in [0, 0.1) is 16.2 Å². The molecule has 6 heteroatoms. The van der Waals surface area contributed by atoms with E-state index in [-0.39, 0.29) is 0 Å². The highest BCUT2D eigenvalue weighted by Gasteiger charge is 2.87. The molecule has 1 saturated carbocycles. The summed E-state index contributed by atoms with van der Waals surface area (Å²) < 4.78 is 24.8. The molecule has 0 aliphatic heterocycles. The van der Waals surface area contributed by atoms with Gasteiger partial charge >= 0.3 is 11.9 Å². The van der Waals surface area contributed by atoms with Gasteiger partial charge in [-0.3, -0.25) is 9.59 Å². The average Bonchev–Trinajstić information content (AvgIpc) is 2.47. The van der Waals surface area contributed by atoms with Gasteiger partial charge in [-0.05, 0) is 12.3 Å². The monoisotopic (exact) mass is 236 g/mol. The van der Waals surface area contributed by atoms with Gasteiger partial charge in [-0.25, -0.2) is 8.78 Å². The van der Waals surface area contributed by atoms with Gasteiger partial charge in [-0.2, -0.15) is 0 Å². The molecule has 1 aliphatic carbocycles. The first kappa shape index (κ1) is 12.9. The number of hydrogen-bond donors (Lipinski definition) is 2. The van der Waals surface area contributed by atoms with E-state index in [2.05, 4.69) is 0 Å². The van der Waals surface area contributed by atoms with Gasteiger partial charge in [-0.15, -0.1) is 0 Å². The fraction of sp³-hybridized carbons (Fsp3) is 0.800. The van der Waals surface area contributed by atoms with Crippen LogP contribution in [0.3, 0.4) is 0 Å². The lowest BCUT2D eigenvalue weighted by atomic mass is 9.90. The normalized spacial score (nSPS) is 36.1. The number of carbonyl (C=O) groups is 2. The van der Waals surface area contributed by atoms with Crippen molar-refractivity contribution < 1.29 is 28.6 Å². The average molecular weight is 236 g/mol. The predicted octanol–water partition coefficient (Wildman–Crippen LogP) is 1.84. The minimum atomic E-state index is -2.84. The van der Waals surface area contributed by atoms with Gasteiger partial charge < -0.3 is 10.2 Å². The molecular formula is C10H14F2O4. The summed E-state index contributed by atoms with van der Waals surface area (Å²) in [4.78, 5) is 22.3. The third kappa shape index (κ3) is 1.07. The molecule has 0 bridgehead atoms. The Hall–Kier alpha value is -1.20. The number of halogens is 2. The molecule has 0 heterocycles. The van der Waals surface area contributed by atoms with Crippen LogP contribution in [0.25, 0.3) is 0 Å². The van der Waals surface area contributed by atoms with Crippen LogP contribution in [0.1, 0.15) is 27.2 Å². The molecule has 1 rings (SSSR count). The summed E-state index contributed by atoms with van der Waals surface area (Å²) in [5.41, 5.74) is -4.73. The maximum Gasteiger partial charge on any atom is 0.311 e. The van der Waals surface area contributed by atoms with E-state index >= 15 is 0 Å². The van der Waals surface area contributed by atoms with E-state index in [1.165, 1.54) is 20.8 Å². The SMILES string of the molecule is CC1(C)C(C)(C(=O)O)C1(CC(F)F)C(=O)O. The molecule has 1 fully saturated rings. The second-order valence-electron chi connectivity index (χ2n) is 4.86. The maximum atomic E-state index is 12.4. The van der Waals surface area contributed by atoms with Crippen LogP contribution in [0.2, 0.25) is 0 Å². The van der Waals surface area contributed by atoms with Crippen LogP contribution < -0.4 is 0 Å². The fourth-order valence-electron chi connectivity index (χ4n) is 2.91. The highest BCUT2D eigenvalue weighted by Crippen LogP contribution is 2.80. The minimum absolute atomic E-state index is 0.932. The van der Waals surface area contributed by atoms with Crippen LogP contribution in [-0.2, 0) is 9.59 Å². The Morgan fingerprint density at radius 2 is 1.56 bits per heavy atom. The van der Waals surface area contributed by atoms with Crippen LogP contribution >= 0.6 is 0 Å². The Bertz CT molecular complexity index is 353. The van der Waals surface area contributed by atoms with Crippen molar-refractivity contribution in [3.63, 3.8) is 0 Å². The van der Waals surface area contributed by atoms with Crippen molar-refractivity contribution in [1.29, 1.82) is 0 Å². The summed E-state index contributed by atoms with van der Waals surface area (Å²) in [6, 6.07) is 0. The van der Waals surface area contributed by atoms with Crippen molar-refractivity contribution >= 4 is 11.9 Å². The van der Waals surface area contributed by atoms with E-state index in [0.29, 0.717) is 0 Å². The minimum Gasteiger partial charge on any atom is -0.481 e. The molecule has 16 heavy (non-hydrogen) atoms. The molecule has 0 amide bonds. The molecule has 0 saturated heterocycles. The van der Waals surface area contributed by atoms with Gasteiger partial charge in [0.05, 0.1) is 10.8 Å². The molecular weight excluding hydrogens is 222 g/mol. The lowest BCUT2D eigenvalue weighted by molar-refractivity contribution is -0.154. The second-order valence-corrected chi connectivity index (χ2v) is 4.86. The Labute approximate surface area is 91.3 Å². The standard InChI is InChI=1S/C10H14F2O4/c1-8(2)9(3,6(13)14)10(8,7(15)16)4-5(11)12/h5H,4H2,1-3H3,(H,13,14)(H,15,16). The summed E-state index contributed by atoms with van der Waals surface area (Å²) in [6.45, 7) is 4.01. The predicted molar refractivity (Wildman–Crippen MR) is 50.2 cm³/mol. The van der Waals surface area contributed by atoms with Crippen LogP contribution in [0.4, 0.5) is 8.78 Å².